The molecule has 1 aliphatic heterocycles. The number of Topliss-reactive ketones (excluding diaryl/α,β-unsaturated/α-hetero) is 1. The number of aliphatic hydroxyl groups excluding tert-OH is 1. The number of ketones is 1. The lowest BCUT2D eigenvalue weighted by Gasteiger charge is -2.24. The molecule has 1 aliphatic rings. The molecule has 4 aromatic rings. The number of ether oxygens (including phenoxy) is 5. The van der Waals surface area contributed by atoms with Gasteiger partial charge in [-0.25, -0.2) is 9.78 Å². The van der Waals surface area contributed by atoms with Crippen molar-refractivity contribution in [2.45, 2.75) is 33.4 Å². The van der Waals surface area contributed by atoms with Crippen LogP contribution < -0.4 is 23.8 Å². The Bertz CT molecular complexity index is 1840. The topological polar surface area (TPSA) is 134 Å². The summed E-state index contributed by atoms with van der Waals surface area (Å²) < 4.78 is 27.8. The third-order valence-electron chi connectivity index (χ3n) is 7.58. The van der Waals surface area contributed by atoms with E-state index in [9.17, 15) is 19.5 Å². The van der Waals surface area contributed by atoms with Crippen LogP contribution in [-0.4, -0.2) is 55.7 Å². The highest BCUT2D eigenvalue weighted by Gasteiger charge is 2.49. The van der Waals surface area contributed by atoms with Gasteiger partial charge >= 0.3 is 11.9 Å². The first-order chi connectivity index (χ1) is 22.6. The molecular formula is C35H34N2O9S. The van der Waals surface area contributed by atoms with E-state index in [0.29, 0.717) is 40.5 Å². The third kappa shape index (κ3) is 6.36. The molecule has 1 amide bonds. The Morgan fingerprint density at radius 1 is 0.936 bits per heavy atom. The van der Waals surface area contributed by atoms with Crippen LogP contribution in [0.3, 0.4) is 0 Å². The number of rotatable bonds is 11. The van der Waals surface area contributed by atoms with E-state index in [-0.39, 0.29) is 33.7 Å². The Labute approximate surface area is 275 Å². The maximum absolute atomic E-state index is 13.8. The van der Waals surface area contributed by atoms with Gasteiger partial charge in [-0.15, -0.1) is 0 Å². The van der Waals surface area contributed by atoms with Crippen molar-refractivity contribution in [2.75, 3.05) is 32.8 Å². The molecule has 0 saturated carbocycles. The van der Waals surface area contributed by atoms with Crippen LogP contribution in [0.2, 0.25) is 0 Å². The summed E-state index contributed by atoms with van der Waals surface area (Å²) in [6.07, 6.45) is 0. The summed E-state index contributed by atoms with van der Waals surface area (Å²) >= 11 is 0.913. The van der Waals surface area contributed by atoms with Crippen molar-refractivity contribution < 1.29 is 43.2 Å². The van der Waals surface area contributed by atoms with E-state index >= 15 is 0 Å². The van der Waals surface area contributed by atoms with Gasteiger partial charge < -0.3 is 28.8 Å². The van der Waals surface area contributed by atoms with Gasteiger partial charge in [0.05, 0.1) is 45.2 Å². The second-order valence-electron chi connectivity index (χ2n) is 10.5. The minimum Gasteiger partial charge on any atom is -0.507 e. The smallest absolute Gasteiger partial charge is 0.350 e. The van der Waals surface area contributed by atoms with Gasteiger partial charge in [-0.1, -0.05) is 41.7 Å². The van der Waals surface area contributed by atoms with Crippen molar-refractivity contribution in [3.8, 4) is 23.0 Å². The largest absolute Gasteiger partial charge is 0.507 e. The van der Waals surface area contributed by atoms with E-state index in [1.165, 1.54) is 26.2 Å². The summed E-state index contributed by atoms with van der Waals surface area (Å²) in [5, 5.41) is 11.8. The summed E-state index contributed by atoms with van der Waals surface area (Å²) in [7, 11) is 4.34. The minimum absolute atomic E-state index is 0.0753. The van der Waals surface area contributed by atoms with Crippen LogP contribution in [0.1, 0.15) is 50.6 Å². The summed E-state index contributed by atoms with van der Waals surface area (Å²) in [4.78, 5) is 46.1. The standard InChI is InChI=1S/C35H34N2O9S/c1-7-45-34(41)32-20(3)36-35(47-32)37-28(23-16-25(42-4)31(44-6)26(17-23)43-5)27(30(39)33(37)40)29(38)22-13-14-24(19(2)15-22)46-18-21-11-9-8-10-12-21/h8-17,28,38H,7,18H2,1-6H3/b29-27+/t28-/m1/s1. The SMILES string of the molecule is CCOC(=O)c1sc(N2C(=O)C(=O)/C(=C(/O)c3ccc(OCc4ccccc4)c(C)c3)[C@H]2c2cc(OC)c(OC)c(OC)c2)nc1C. The fourth-order valence-electron chi connectivity index (χ4n) is 5.33. The van der Waals surface area contributed by atoms with E-state index in [1.54, 1.807) is 44.2 Å². The molecule has 12 heteroatoms. The number of benzene rings is 3. The molecule has 5 rings (SSSR count). The van der Waals surface area contributed by atoms with Gasteiger partial charge in [-0.2, -0.15) is 0 Å². The van der Waals surface area contributed by atoms with Gasteiger partial charge in [0.2, 0.25) is 5.75 Å². The highest BCUT2D eigenvalue weighted by atomic mass is 32.1. The predicted octanol–water partition coefficient (Wildman–Crippen LogP) is 6.17. The average molecular weight is 659 g/mol. The normalized spacial score (nSPS) is 15.4. The maximum atomic E-state index is 13.8. The second-order valence-corrected chi connectivity index (χ2v) is 11.5. The van der Waals surface area contributed by atoms with Crippen molar-refractivity contribution >= 4 is 39.9 Å². The lowest BCUT2D eigenvalue weighted by Crippen LogP contribution is -2.29. The molecule has 0 aliphatic carbocycles. The quantitative estimate of drug-likeness (QED) is 0.0864. The summed E-state index contributed by atoms with van der Waals surface area (Å²) in [6, 6.07) is 16.7. The monoisotopic (exact) mass is 658 g/mol. The number of esters is 1. The Kier molecular flexibility index (Phi) is 9.80. The Balaban J connectivity index is 1.65. The highest BCUT2D eigenvalue weighted by Crippen LogP contribution is 2.48. The van der Waals surface area contributed by atoms with E-state index in [2.05, 4.69) is 4.98 Å². The van der Waals surface area contributed by atoms with Crippen LogP contribution in [0, 0.1) is 13.8 Å². The summed E-state index contributed by atoms with van der Waals surface area (Å²) in [5.41, 5.74) is 2.51. The molecule has 11 nitrogen and oxygen atoms in total. The number of aliphatic hydroxyl groups is 1. The van der Waals surface area contributed by atoms with Crippen LogP contribution >= 0.6 is 11.3 Å². The molecule has 0 radical (unpaired) electrons. The molecule has 1 aromatic heterocycles. The Morgan fingerprint density at radius 2 is 1.62 bits per heavy atom. The number of amides is 1. The van der Waals surface area contributed by atoms with E-state index in [1.807, 2.05) is 37.3 Å². The van der Waals surface area contributed by atoms with E-state index < -0.39 is 29.5 Å². The summed E-state index contributed by atoms with van der Waals surface area (Å²) in [6.45, 7) is 5.61. The van der Waals surface area contributed by atoms with Gasteiger partial charge in [0.1, 0.15) is 23.0 Å². The van der Waals surface area contributed by atoms with Crippen molar-refractivity contribution in [2.24, 2.45) is 0 Å². The fourth-order valence-corrected chi connectivity index (χ4v) is 6.31. The zero-order valence-electron chi connectivity index (χ0n) is 26.8. The third-order valence-corrected chi connectivity index (χ3v) is 8.72. The van der Waals surface area contributed by atoms with Crippen molar-refractivity contribution in [3.05, 3.63) is 99.1 Å². The molecule has 2 heterocycles. The number of carbonyl (C=O) groups is 3. The molecular weight excluding hydrogens is 624 g/mol. The first-order valence-electron chi connectivity index (χ1n) is 14.7. The number of methoxy groups -OCH3 is 3. The van der Waals surface area contributed by atoms with Crippen LogP contribution in [0.4, 0.5) is 5.13 Å². The number of nitrogens with zero attached hydrogens (tertiary/aromatic N) is 2. The molecule has 1 saturated heterocycles. The Hall–Kier alpha value is -5.36. The highest BCUT2D eigenvalue weighted by molar-refractivity contribution is 7.17. The number of hydrogen-bond acceptors (Lipinski definition) is 11. The van der Waals surface area contributed by atoms with Gasteiger partial charge in [-0.3, -0.25) is 14.5 Å². The lowest BCUT2D eigenvalue weighted by molar-refractivity contribution is -0.132. The molecule has 244 valence electrons. The lowest BCUT2D eigenvalue weighted by atomic mass is 9.94. The molecule has 0 bridgehead atoms. The molecule has 3 aromatic carbocycles. The van der Waals surface area contributed by atoms with E-state index in [0.717, 1.165) is 16.9 Å². The first kappa shape index (κ1) is 33.0. The molecule has 1 N–H and O–H groups in total. The Morgan fingerprint density at radius 3 is 2.21 bits per heavy atom. The molecule has 47 heavy (non-hydrogen) atoms. The van der Waals surface area contributed by atoms with Crippen molar-refractivity contribution in [1.29, 1.82) is 0 Å². The minimum atomic E-state index is -1.18. The zero-order chi connectivity index (χ0) is 33.8. The first-order valence-corrected chi connectivity index (χ1v) is 15.5. The average Bonchev–Trinajstić information content (AvgIpc) is 3.59. The summed E-state index contributed by atoms with van der Waals surface area (Å²) in [5.74, 6) is -1.44. The van der Waals surface area contributed by atoms with Gasteiger partial charge in [-0.05, 0) is 67.8 Å². The van der Waals surface area contributed by atoms with Crippen LogP contribution in [0.25, 0.3) is 5.76 Å². The van der Waals surface area contributed by atoms with Gasteiger partial charge in [0.25, 0.3) is 5.78 Å². The number of thiazole rings is 1. The molecule has 0 spiro atoms. The number of anilines is 1. The van der Waals surface area contributed by atoms with Crippen molar-refractivity contribution in [1.82, 2.24) is 4.98 Å². The second kappa shape index (κ2) is 14.0. The number of aromatic nitrogens is 1. The van der Waals surface area contributed by atoms with Gasteiger partial charge in [0, 0.05) is 5.56 Å². The number of carbonyl (C=O) groups excluding carboxylic acids is 3. The number of hydrogen-bond donors (Lipinski definition) is 1. The van der Waals surface area contributed by atoms with Crippen molar-refractivity contribution in [3.63, 3.8) is 0 Å². The molecule has 1 atom stereocenters. The molecule has 1 fully saturated rings. The number of aryl methyl sites for hydroxylation is 2. The van der Waals surface area contributed by atoms with Crippen LogP contribution in [-0.2, 0) is 20.9 Å². The predicted molar refractivity (Wildman–Crippen MR) is 176 cm³/mol. The van der Waals surface area contributed by atoms with Crippen LogP contribution in [0.5, 0.6) is 23.0 Å². The maximum Gasteiger partial charge on any atom is 0.350 e. The molecule has 0 unspecified atom stereocenters. The van der Waals surface area contributed by atoms with E-state index in [4.69, 9.17) is 23.7 Å². The van der Waals surface area contributed by atoms with Gasteiger partial charge in [0.15, 0.2) is 16.6 Å². The van der Waals surface area contributed by atoms with Crippen LogP contribution in [0.15, 0.2) is 66.2 Å². The fraction of sp³-hybridized carbons (Fsp3) is 0.257. The zero-order valence-corrected chi connectivity index (χ0v) is 27.6.